The van der Waals surface area contributed by atoms with E-state index in [4.69, 9.17) is 4.52 Å². The van der Waals surface area contributed by atoms with Crippen LogP contribution in [0.25, 0.3) is 11.3 Å². The van der Waals surface area contributed by atoms with Gasteiger partial charge in [-0.25, -0.2) is 4.79 Å². The molecule has 1 aliphatic rings. The van der Waals surface area contributed by atoms with E-state index in [2.05, 4.69) is 26.4 Å². The molecule has 1 N–H and O–H groups in total. The molecular formula is C17H20BrN3O2. The fourth-order valence-electron chi connectivity index (χ4n) is 2.97. The summed E-state index contributed by atoms with van der Waals surface area (Å²) < 4.78 is 6.42. The summed E-state index contributed by atoms with van der Waals surface area (Å²) in [5.74, 6) is 0.586. The number of carbonyl (C=O) groups excluding carboxylic acids is 1. The summed E-state index contributed by atoms with van der Waals surface area (Å²) in [5, 5.41) is 6.97. The molecule has 2 amide bonds. The second-order valence-electron chi connectivity index (χ2n) is 5.96. The number of benzene rings is 1. The molecule has 0 atom stereocenters. The highest BCUT2D eigenvalue weighted by Crippen LogP contribution is 2.32. The van der Waals surface area contributed by atoms with Crippen molar-refractivity contribution in [2.24, 2.45) is 0 Å². The minimum absolute atomic E-state index is 0.110. The molecule has 0 aliphatic heterocycles. The summed E-state index contributed by atoms with van der Waals surface area (Å²) in [7, 11) is 1.85. The Balaban J connectivity index is 1.81. The molecule has 0 saturated heterocycles. The van der Waals surface area contributed by atoms with Crippen LogP contribution in [0.3, 0.4) is 0 Å². The average Bonchev–Trinajstić information content (AvgIpc) is 3.19. The number of carbonyl (C=O) groups is 1. The Bertz CT molecular complexity index is 690. The molecule has 5 nitrogen and oxygen atoms in total. The topological polar surface area (TPSA) is 58.4 Å². The number of nitrogens with one attached hydrogen (secondary N) is 1. The second kappa shape index (κ2) is 6.74. The summed E-state index contributed by atoms with van der Waals surface area (Å²) >= 11 is 3.42. The maximum absolute atomic E-state index is 12.5. The first-order valence-electron chi connectivity index (χ1n) is 7.82. The monoisotopic (exact) mass is 377 g/mol. The minimum atomic E-state index is -0.110. The maximum atomic E-state index is 12.5. The van der Waals surface area contributed by atoms with Crippen molar-refractivity contribution >= 4 is 27.6 Å². The predicted octanol–water partition coefficient (Wildman–Crippen LogP) is 4.82. The van der Waals surface area contributed by atoms with Gasteiger partial charge in [-0.3, -0.25) is 0 Å². The number of halogens is 1. The van der Waals surface area contributed by atoms with Gasteiger partial charge in [0.05, 0.1) is 0 Å². The molecule has 1 aliphatic carbocycles. The van der Waals surface area contributed by atoms with Gasteiger partial charge in [-0.1, -0.05) is 33.9 Å². The molecule has 1 fully saturated rings. The van der Waals surface area contributed by atoms with Crippen molar-refractivity contribution in [3.8, 4) is 11.3 Å². The molecule has 122 valence electrons. The lowest BCUT2D eigenvalue weighted by molar-refractivity contribution is 0.205. The Hall–Kier alpha value is -1.82. The normalized spacial score (nSPS) is 14.9. The van der Waals surface area contributed by atoms with E-state index >= 15 is 0 Å². The van der Waals surface area contributed by atoms with Gasteiger partial charge in [0, 0.05) is 23.1 Å². The lowest BCUT2D eigenvalue weighted by Crippen LogP contribution is -2.38. The van der Waals surface area contributed by atoms with Crippen LogP contribution in [-0.4, -0.2) is 29.2 Å². The zero-order chi connectivity index (χ0) is 16.4. The van der Waals surface area contributed by atoms with Crippen LogP contribution in [0.15, 0.2) is 33.3 Å². The highest BCUT2D eigenvalue weighted by atomic mass is 79.9. The molecule has 0 spiro atoms. The van der Waals surface area contributed by atoms with Gasteiger partial charge in [0.1, 0.15) is 11.4 Å². The number of hydrogen-bond acceptors (Lipinski definition) is 3. The third-order valence-electron chi connectivity index (χ3n) is 4.39. The average molecular weight is 378 g/mol. The molecule has 6 heteroatoms. The van der Waals surface area contributed by atoms with E-state index < -0.39 is 0 Å². The van der Waals surface area contributed by atoms with Crippen LogP contribution in [0.4, 0.5) is 10.5 Å². The first-order valence-corrected chi connectivity index (χ1v) is 8.61. The fraction of sp³-hybridized carbons (Fsp3) is 0.412. The van der Waals surface area contributed by atoms with Crippen molar-refractivity contribution in [2.75, 3.05) is 12.4 Å². The first kappa shape index (κ1) is 16.1. The van der Waals surface area contributed by atoms with Gasteiger partial charge in [-0.2, -0.15) is 0 Å². The molecule has 0 radical (unpaired) electrons. The van der Waals surface area contributed by atoms with Crippen molar-refractivity contribution < 1.29 is 9.32 Å². The van der Waals surface area contributed by atoms with Crippen LogP contribution in [0.2, 0.25) is 0 Å². The van der Waals surface area contributed by atoms with Crippen molar-refractivity contribution in [1.29, 1.82) is 0 Å². The Morgan fingerprint density at radius 1 is 1.30 bits per heavy atom. The Kier molecular flexibility index (Phi) is 4.71. The SMILES string of the molecule is Cc1noc(-c2ccc(Br)cc2)c1NC(=O)N(C)C1CCCC1. The number of aromatic nitrogens is 1. The number of aryl methyl sites for hydroxylation is 1. The standard InChI is InChI=1S/C17H20BrN3O2/c1-11-15(19-17(22)21(2)14-5-3-4-6-14)16(23-20-11)12-7-9-13(18)10-8-12/h7-10,14H,3-6H2,1-2H3,(H,19,22). The van der Waals surface area contributed by atoms with Crippen molar-refractivity contribution in [2.45, 2.75) is 38.6 Å². The van der Waals surface area contributed by atoms with Crippen molar-refractivity contribution in [3.63, 3.8) is 0 Å². The first-order chi connectivity index (χ1) is 11.1. The number of urea groups is 1. The Morgan fingerprint density at radius 3 is 2.61 bits per heavy atom. The quantitative estimate of drug-likeness (QED) is 0.833. The molecule has 1 heterocycles. The molecule has 2 aromatic rings. The molecular weight excluding hydrogens is 358 g/mol. The minimum Gasteiger partial charge on any atom is -0.354 e. The Morgan fingerprint density at radius 2 is 1.96 bits per heavy atom. The van der Waals surface area contributed by atoms with Gasteiger partial charge in [-0.15, -0.1) is 0 Å². The summed E-state index contributed by atoms with van der Waals surface area (Å²) in [6.07, 6.45) is 4.54. The van der Waals surface area contributed by atoms with Gasteiger partial charge in [0.2, 0.25) is 0 Å². The number of nitrogens with zero attached hydrogens (tertiary/aromatic N) is 2. The molecule has 3 rings (SSSR count). The Labute approximate surface area is 144 Å². The summed E-state index contributed by atoms with van der Waals surface area (Å²) in [6.45, 7) is 1.83. The van der Waals surface area contributed by atoms with Gasteiger partial charge < -0.3 is 14.7 Å². The predicted molar refractivity (Wildman–Crippen MR) is 93.4 cm³/mol. The number of rotatable bonds is 3. The number of hydrogen-bond donors (Lipinski definition) is 1. The number of anilines is 1. The van der Waals surface area contributed by atoms with E-state index in [0.29, 0.717) is 23.2 Å². The molecule has 0 unspecified atom stereocenters. The lowest BCUT2D eigenvalue weighted by atomic mass is 10.1. The maximum Gasteiger partial charge on any atom is 0.321 e. The largest absolute Gasteiger partial charge is 0.354 e. The summed E-state index contributed by atoms with van der Waals surface area (Å²) in [6, 6.07) is 7.95. The molecule has 1 saturated carbocycles. The highest BCUT2D eigenvalue weighted by Gasteiger charge is 2.25. The van der Waals surface area contributed by atoms with E-state index in [1.807, 2.05) is 38.2 Å². The van der Waals surface area contributed by atoms with Crippen LogP contribution in [0.5, 0.6) is 0 Å². The molecule has 0 bridgehead atoms. The van der Waals surface area contributed by atoms with Crippen molar-refractivity contribution in [1.82, 2.24) is 10.1 Å². The van der Waals surface area contributed by atoms with E-state index in [1.165, 1.54) is 12.8 Å². The zero-order valence-corrected chi connectivity index (χ0v) is 14.9. The van der Waals surface area contributed by atoms with Gasteiger partial charge in [-0.05, 0) is 44.0 Å². The van der Waals surface area contributed by atoms with Gasteiger partial charge in [0.25, 0.3) is 0 Å². The van der Waals surface area contributed by atoms with Crippen LogP contribution in [0.1, 0.15) is 31.4 Å². The molecule has 23 heavy (non-hydrogen) atoms. The number of amides is 2. The van der Waals surface area contributed by atoms with E-state index in [9.17, 15) is 4.79 Å². The van der Waals surface area contributed by atoms with Crippen LogP contribution < -0.4 is 5.32 Å². The third-order valence-corrected chi connectivity index (χ3v) is 4.92. The molecule has 1 aromatic heterocycles. The van der Waals surface area contributed by atoms with E-state index in [0.717, 1.165) is 22.9 Å². The smallest absolute Gasteiger partial charge is 0.321 e. The zero-order valence-electron chi connectivity index (χ0n) is 13.3. The summed E-state index contributed by atoms with van der Waals surface area (Å²) in [5.41, 5.74) is 2.20. The highest BCUT2D eigenvalue weighted by molar-refractivity contribution is 9.10. The van der Waals surface area contributed by atoms with Gasteiger partial charge >= 0.3 is 6.03 Å². The third kappa shape index (κ3) is 3.42. The summed E-state index contributed by atoms with van der Waals surface area (Å²) in [4.78, 5) is 14.3. The molecule has 1 aromatic carbocycles. The second-order valence-corrected chi connectivity index (χ2v) is 6.87. The van der Waals surface area contributed by atoms with E-state index in [-0.39, 0.29) is 6.03 Å². The fourth-order valence-corrected chi connectivity index (χ4v) is 3.23. The van der Waals surface area contributed by atoms with Crippen LogP contribution >= 0.6 is 15.9 Å². The van der Waals surface area contributed by atoms with Crippen LogP contribution in [-0.2, 0) is 0 Å². The van der Waals surface area contributed by atoms with Gasteiger partial charge in [0.15, 0.2) is 5.76 Å². The van der Waals surface area contributed by atoms with E-state index in [1.54, 1.807) is 4.90 Å². The lowest BCUT2D eigenvalue weighted by Gasteiger charge is -2.24. The van der Waals surface area contributed by atoms with Crippen molar-refractivity contribution in [3.05, 3.63) is 34.4 Å². The van der Waals surface area contributed by atoms with Crippen LogP contribution in [0, 0.1) is 6.92 Å².